The second-order valence-electron chi connectivity index (χ2n) is 5.23. The molecule has 4 N–H and O–H groups in total. The minimum Gasteiger partial charge on any atom is -0.405 e. The summed E-state index contributed by atoms with van der Waals surface area (Å²) in [5, 5.41) is 0. The van der Waals surface area contributed by atoms with E-state index in [4.69, 9.17) is 11.5 Å². The van der Waals surface area contributed by atoms with Crippen LogP contribution >= 0.6 is 0 Å². The summed E-state index contributed by atoms with van der Waals surface area (Å²) in [6.07, 6.45) is 5.40. The summed E-state index contributed by atoms with van der Waals surface area (Å²) in [6, 6.07) is 7.97. The van der Waals surface area contributed by atoms with Gasteiger partial charge in [0.2, 0.25) is 0 Å². The van der Waals surface area contributed by atoms with E-state index >= 15 is 0 Å². The number of benzene rings is 2. The van der Waals surface area contributed by atoms with Crippen molar-refractivity contribution in [2.24, 2.45) is 5.73 Å². The van der Waals surface area contributed by atoms with Gasteiger partial charge in [0, 0.05) is 11.3 Å². The summed E-state index contributed by atoms with van der Waals surface area (Å²) in [6.45, 7) is 10.3. The molecule has 108 valence electrons. The van der Waals surface area contributed by atoms with Crippen LogP contribution in [0.15, 0.2) is 37.0 Å². The van der Waals surface area contributed by atoms with Crippen LogP contribution in [0.4, 0.5) is 5.69 Å². The Balaban J connectivity index is 2.90. The van der Waals surface area contributed by atoms with E-state index in [1.807, 2.05) is 30.4 Å². The normalized spacial score (nSPS) is 11.0. The summed E-state index contributed by atoms with van der Waals surface area (Å²) in [7, 11) is 0. The molecule has 0 atom stereocenters. The summed E-state index contributed by atoms with van der Waals surface area (Å²) < 4.78 is 0. The summed E-state index contributed by atoms with van der Waals surface area (Å²) in [5.74, 6) is 0. The van der Waals surface area contributed by atoms with Gasteiger partial charge in [0.15, 0.2) is 0 Å². The molecular formula is C19H22N2. The van der Waals surface area contributed by atoms with Crippen molar-refractivity contribution in [2.75, 3.05) is 5.73 Å². The van der Waals surface area contributed by atoms with E-state index in [9.17, 15) is 0 Å². The fourth-order valence-corrected chi connectivity index (χ4v) is 2.91. The van der Waals surface area contributed by atoms with Crippen molar-refractivity contribution in [3.63, 3.8) is 0 Å². The van der Waals surface area contributed by atoms with Gasteiger partial charge in [0.25, 0.3) is 0 Å². The fraction of sp³-hybridized carbons (Fsp3) is 0.158. The van der Waals surface area contributed by atoms with E-state index in [0.717, 1.165) is 22.4 Å². The lowest BCUT2D eigenvalue weighted by atomic mass is 9.84. The summed E-state index contributed by atoms with van der Waals surface area (Å²) in [4.78, 5) is 0. The molecule has 0 aliphatic heterocycles. The maximum Gasteiger partial charge on any atom is 0.0393 e. The second-order valence-corrected chi connectivity index (χ2v) is 5.23. The van der Waals surface area contributed by atoms with Crippen molar-refractivity contribution in [2.45, 2.75) is 20.8 Å². The van der Waals surface area contributed by atoms with Gasteiger partial charge in [-0.25, -0.2) is 0 Å². The Morgan fingerprint density at radius 2 is 1.62 bits per heavy atom. The molecule has 0 saturated carbocycles. The molecule has 0 aliphatic rings. The van der Waals surface area contributed by atoms with Gasteiger partial charge in [-0.2, -0.15) is 0 Å². The highest BCUT2D eigenvalue weighted by atomic mass is 14.6. The zero-order chi connectivity index (χ0) is 15.6. The van der Waals surface area contributed by atoms with E-state index in [2.05, 4.69) is 33.4 Å². The Kier molecular flexibility index (Phi) is 4.18. The van der Waals surface area contributed by atoms with Gasteiger partial charge < -0.3 is 11.5 Å². The van der Waals surface area contributed by atoms with Gasteiger partial charge in [-0.1, -0.05) is 30.9 Å². The number of rotatable bonds is 3. The van der Waals surface area contributed by atoms with E-state index in [-0.39, 0.29) is 0 Å². The molecule has 2 heteroatoms. The molecule has 2 rings (SSSR count). The zero-order valence-corrected chi connectivity index (χ0v) is 12.9. The van der Waals surface area contributed by atoms with Gasteiger partial charge >= 0.3 is 0 Å². The first kappa shape index (κ1) is 14.9. The smallest absolute Gasteiger partial charge is 0.0393 e. The lowest BCUT2D eigenvalue weighted by Crippen LogP contribution is -2.02. The van der Waals surface area contributed by atoms with Crippen LogP contribution in [-0.2, 0) is 0 Å². The Labute approximate surface area is 126 Å². The second kappa shape index (κ2) is 5.88. The van der Waals surface area contributed by atoms with Gasteiger partial charge in [-0.3, -0.25) is 0 Å². The number of nitrogen functional groups attached to an aromatic ring is 1. The molecule has 0 unspecified atom stereocenters. The number of para-hydroxylation sites is 1. The maximum absolute atomic E-state index is 6.17. The fourth-order valence-electron chi connectivity index (χ4n) is 2.91. The molecule has 0 aliphatic carbocycles. The highest BCUT2D eigenvalue weighted by Gasteiger charge is 2.16. The van der Waals surface area contributed by atoms with E-state index in [0.29, 0.717) is 0 Å². The van der Waals surface area contributed by atoms with Gasteiger partial charge in [-0.15, -0.1) is 0 Å². The predicted molar refractivity (Wildman–Crippen MR) is 93.8 cm³/mol. The molecular weight excluding hydrogens is 256 g/mol. The van der Waals surface area contributed by atoms with Gasteiger partial charge in [0.1, 0.15) is 0 Å². The molecule has 2 aromatic rings. The first-order chi connectivity index (χ1) is 10.0. The molecule has 0 bridgehead atoms. The van der Waals surface area contributed by atoms with E-state index in [1.54, 1.807) is 6.20 Å². The van der Waals surface area contributed by atoms with Crippen LogP contribution in [0.25, 0.3) is 23.3 Å². The van der Waals surface area contributed by atoms with Gasteiger partial charge in [0.05, 0.1) is 0 Å². The topological polar surface area (TPSA) is 52.0 Å². The molecule has 0 amide bonds. The zero-order valence-electron chi connectivity index (χ0n) is 12.9. The molecule has 2 aromatic carbocycles. The minimum atomic E-state index is 0.792. The standard InChI is InChI=1S/C19H22N2/c1-5-15-14(4)19(17-8-6-7-9-18(17)21)13(3)12(2)16(15)10-11-20/h5-11H,1,20-21H2,2-4H3/b11-10-. The van der Waals surface area contributed by atoms with Crippen LogP contribution in [0.2, 0.25) is 0 Å². The number of hydrogen-bond donors (Lipinski definition) is 2. The van der Waals surface area contributed by atoms with Crippen LogP contribution in [0.3, 0.4) is 0 Å². The van der Waals surface area contributed by atoms with Crippen LogP contribution in [0.5, 0.6) is 0 Å². The van der Waals surface area contributed by atoms with Crippen LogP contribution in [0, 0.1) is 20.8 Å². The van der Waals surface area contributed by atoms with E-state index in [1.165, 1.54) is 22.3 Å². The van der Waals surface area contributed by atoms with Crippen LogP contribution in [-0.4, -0.2) is 0 Å². The van der Waals surface area contributed by atoms with Crippen LogP contribution in [0.1, 0.15) is 27.8 Å². The molecule has 0 fully saturated rings. The Morgan fingerprint density at radius 3 is 2.19 bits per heavy atom. The average Bonchev–Trinajstić information content (AvgIpc) is 2.47. The highest BCUT2D eigenvalue weighted by molar-refractivity contribution is 5.86. The average molecular weight is 278 g/mol. The monoisotopic (exact) mass is 278 g/mol. The van der Waals surface area contributed by atoms with Crippen molar-refractivity contribution in [1.82, 2.24) is 0 Å². The summed E-state index contributed by atoms with van der Waals surface area (Å²) in [5.41, 5.74) is 20.7. The molecule has 0 radical (unpaired) electrons. The highest BCUT2D eigenvalue weighted by Crippen LogP contribution is 2.37. The predicted octanol–water partition coefficient (Wildman–Crippen LogP) is 4.43. The lowest BCUT2D eigenvalue weighted by molar-refractivity contribution is 1.27. The van der Waals surface area contributed by atoms with Crippen molar-refractivity contribution in [3.05, 3.63) is 64.9 Å². The van der Waals surface area contributed by atoms with Crippen molar-refractivity contribution in [1.29, 1.82) is 0 Å². The lowest BCUT2D eigenvalue weighted by Gasteiger charge is -2.20. The third-order valence-corrected chi connectivity index (χ3v) is 4.11. The first-order valence-corrected chi connectivity index (χ1v) is 7.02. The van der Waals surface area contributed by atoms with Gasteiger partial charge in [-0.05, 0) is 72.5 Å². The quantitative estimate of drug-likeness (QED) is 0.816. The molecule has 0 saturated heterocycles. The molecule has 0 spiro atoms. The Bertz CT molecular complexity index is 725. The maximum atomic E-state index is 6.17. The summed E-state index contributed by atoms with van der Waals surface area (Å²) >= 11 is 0. The van der Waals surface area contributed by atoms with Crippen LogP contribution < -0.4 is 11.5 Å². The SMILES string of the molecule is C=Cc1c(C)c(-c2ccccc2N)c(C)c(C)c1/C=C\N. The first-order valence-electron chi connectivity index (χ1n) is 7.02. The molecule has 21 heavy (non-hydrogen) atoms. The third-order valence-electron chi connectivity index (χ3n) is 4.11. The number of nitrogens with two attached hydrogens (primary N) is 2. The minimum absolute atomic E-state index is 0.792. The number of hydrogen-bond acceptors (Lipinski definition) is 2. The molecule has 0 aromatic heterocycles. The van der Waals surface area contributed by atoms with Crippen molar-refractivity contribution in [3.8, 4) is 11.1 Å². The van der Waals surface area contributed by atoms with Crippen molar-refractivity contribution < 1.29 is 0 Å². The molecule has 2 nitrogen and oxygen atoms in total. The Hall–Kier alpha value is -2.48. The third kappa shape index (κ3) is 2.45. The van der Waals surface area contributed by atoms with Crippen molar-refractivity contribution >= 4 is 17.8 Å². The molecule has 0 heterocycles. The largest absolute Gasteiger partial charge is 0.405 e. The Morgan fingerprint density at radius 1 is 0.952 bits per heavy atom. The number of anilines is 1. The van der Waals surface area contributed by atoms with E-state index < -0.39 is 0 Å².